The van der Waals surface area contributed by atoms with Crippen molar-refractivity contribution >= 4 is 29.4 Å². The number of nitrogens with one attached hydrogen (secondary N) is 1. The Kier molecular flexibility index (Phi) is 8.09. The second-order valence-electron chi connectivity index (χ2n) is 6.42. The van der Waals surface area contributed by atoms with Crippen molar-refractivity contribution in [2.75, 3.05) is 26.8 Å². The predicted octanol–water partition coefficient (Wildman–Crippen LogP) is 2.25. The number of esters is 1. The van der Waals surface area contributed by atoms with Crippen LogP contribution in [0.5, 0.6) is 5.75 Å². The Labute approximate surface area is 173 Å². The molecular weight excluding hydrogens is 400 g/mol. The van der Waals surface area contributed by atoms with Crippen molar-refractivity contribution in [3.63, 3.8) is 0 Å². The molecule has 29 heavy (non-hydrogen) atoms. The number of carbonyl (C=O) groups excluding carboxylic acids is 3. The third-order valence-electron chi connectivity index (χ3n) is 3.96. The van der Waals surface area contributed by atoms with Gasteiger partial charge in [-0.15, -0.1) is 0 Å². The first-order valence-corrected chi connectivity index (χ1v) is 9.22. The molecule has 0 unspecified atom stereocenters. The van der Waals surface area contributed by atoms with Gasteiger partial charge < -0.3 is 24.1 Å². The van der Waals surface area contributed by atoms with Crippen LogP contribution in [0.1, 0.15) is 16.9 Å². The molecule has 0 radical (unpaired) electrons. The van der Waals surface area contributed by atoms with Crippen molar-refractivity contribution in [3.8, 4) is 5.75 Å². The van der Waals surface area contributed by atoms with Crippen LogP contribution in [-0.2, 0) is 25.7 Å². The van der Waals surface area contributed by atoms with Crippen LogP contribution in [0, 0.1) is 13.8 Å². The second-order valence-corrected chi connectivity index (χ2v) is 6.86. The number of hydrogen-bond donors (Lipinski definition) is 1. The molecule has 1 N–H and O–H groups in total. The molecule has 0 aliphatic carbocycles. The summed E-state index contributed by atoms with van der Waals surface area (Å²) in [6.45, 7) is 2.86. The van der Waals surface area contributed by atoms with Gasteiger partial charge in [0.05, 0.1) is 19.4 Å². The highest BCUT2D eigenvalue weighted by Crippen LogP contribution is 2.26. The van der Waals surface area contributed by atoms with E-state index in [1.807, 2.05) is 13.8 Å². The van der Waals surface area contributed by atoms with Gasteiger partial charge in [0.2, 0.25) is 5.91 Å². The zero-order valence-corrected chi connectivity index (χ0v) is 17.2. The number of rotatable bonds is 9. The zero-order valence-electron chi connectivity index (χ0n) is 16.5. The molecule has 156 valence electrons. The van der Waals surface area contributed by atoms with E-state index in [0.29, 0.717) is 16.5 Å². The average molecular weight is 423 g/mol. The normalized spacial score (nSPS) is 10.3. The molecule has 1 aromatic heterocycles. The lowest BCUT2D eigenvalue weighted by Gasteiger charge is -2.17. The summed E-state index contributed by atoms with van der Waals surface area (Å²) in [5, 5.41) is 3.21. The lowest BCUT2D eigenvalue weighted by molar-refractivity contribution is -0.153. The number of nitrogens with zero attached hydrogens (tertiary/aromatic N) is 1. The molecule has 0 atom stereocenters. The highest BCUT2D eigenvalue weighted by atomic mass is 35.5. The Morgan fingerprint density at radius 3 is 2.48 bits per heavy atom. The van der Waals surface area contributed by atoms with Crippen LogP contribution in [0.2, 0.25) is 5.02 Å². The van der Waals surface area contributed by atoms with E-state index in [0.717, 1.165) is 11.1 Å². The summed E-state index contributed by atoms with van der Waals surface area (Å²) in [7, 11) is 1.44. The number of likely N-dealkylation sites (N-methyl/N-ethyl adjacent to an activating group) is 1. The van der Waals surface area contributed by atoms with Crippen LogP contribution in [-0.4, -0.2) is 49.5 Å². The van der Waals surface area contributed by atoms with E-state index >= 15 is 0 Å². The summed E-state index contributed by atoms with van der Waals surface area (Å²) < 4.78 is 15.5. The molecule has 8 nitrogen and oxygen atoms in total. The molecule has 0 bridgehead atoms. The fourth-order valence-electron chi connectivity index (χ4n) is 2.51. The molecule has 9 heteroatoms. The van der Waals surface area contributed by atoms with Gasteiger partial charge in [-0.1, -0.05) is 11.6 Å². The summed E-state index contributed by atoms with van der Waals surface area (Å²) in [6.07, 6.45) is 1.50. The lowest BCUT2D eigenvalue weighted by atomic mass is 10.1. The number of hydrogen-bond acceptors (Lipinski definition) is 6. The van der Waals surface area contributed by atoms with Gasteiger partial charge >= 0.3 is 5.97 Å². The molecule has 0 spiro atoms. The largest absolute Gasteiger partial charge is 0.481 e. The Hall–Kier alpha value is -3.00. The quantitative estimate of drug-likeness (QED) is 0.622. The predicted molar refractivity (Wildman–Crippen MR) is 106 cm³/mol. The minimum absolute atomic E-state index is 0.170. The third-order valence-corrected chi connectivity index (χ3v) is 4.18. The molecule has 2 rings (SSSR count). The van der Waals surface area contributed by atoms with Gasteiger partial charge in [0, 0.05) is 12.1 Å². The van der Waals surface area contributed by atoms with E-state index in [9.17, 15) is 14.4 Å². The van der Waals surface area contributed by atoms with Crippen molar-refractivity contribution in [2.24, 2.45) is 0 Å². The van der Waals surface area contributed by atoms with Gasteiger partial charge in [-0.2, -0.15) is 0 Å². The maximum atomic E-state index is 12.0. The number of amides is 2. The first kappa shape index (κ1) is 22.3. The van der Waals surface area contributed by atoms with E-state index in [2.05, 4.69) is 5.32 Å². The molecule has 0 saturated carbocycles. The summed E-state index contributed by atoms with van der Waals surface area (Å²) in [6, 6.07) is 6.89. The van der Waals surface area contributed by atoms with Crippen molar-refractivity contribution in [3.05, 3.63) is 52.4 Å². The van der Waals surface area contributed by atoms with Gasteiger partial charge in [0.1, 0.15) is 11.5 Å². The van der Waals surface area contributed by atoms with Crippen LogP contribution in [0.4, 0.5) is 0 Å². The third kappa shape index (κ3) is 7.15. The van der Waals surface area contributed by atoms with E-state index < -0.39 is 18.5 Å². The summed E-state index contributed by atoms with van der Waals surface area (Å²) >= 11 is 5.96. The molecule has 1 heterocycles. The Balaban J connectivity index is 1.70. The molecular formula is C20H23ClN2O6. The number of halogens is 1. The van der Waals surface area contributed by atoms with Gasteiger partial charge in [-0.05, 0) is 49.2 Å². The highest BCUT2D eigenvalue weighted by Gasteiger charge is 2.16. The van der Waals surface area contributed by atoms with Crippen molar-refractivity contribution < 1.29 is 28.3 Å². The number of ether oxygens (including phenoxy) is 2. The van der Waals surface area contributed by atoms with E-state index in [1.165, 1.54) is 18.2 Å². The molecule has 1 aromatic carbocycles. The topological polar surface area (TPSA) is 98.1 Å². The summed E-state index contributed by atoms with van der Waals surface area (Å²) in [4.78, 5) is 36.9. The molecule has 2 aromatic rings. The van der Waals surface area contributed by atoms with Crippen LogP contribution in [0.15, 0.2) is 34.9 Å². The first-order valence-electron chi connectivity index (χ1n) is 8.84. The molecule has 2 amide bonds. The number of carbonyl (C=O) groups is 3. The average Bonchev–Trinajstić information content (AvgIpc) is 3.17. The number of furan rings is 1. The number of benzene rings is 1. The van der Waals surface area contributed by atoms with Crippen molar-refractivity contribution in [2.45, 2.75) is 20.4 Å². The van der Waals surface area contributed by atoms with E-state index in [-0.39, 0.29) is 25.6 Å². The van der Waals surface area contributed by atoms with Gasteiger partial charge in [0.25, 0.3) is 5.91 Å². The minimum Gasteiger partial charge on any atom is -0.481 e. The standard InChI is InChI=1S/C20H23ClN2O6/c1-13-7-15(21)8-14(2)20(13)29-12-19(26)28-11-18(25)23(3)10-17(24)22-9-16-5-4-6-27-16/h4-8H,9-12H2,1-3H3,(H,22,24). The Morgan fingerprint density at radius 2 is 1.86 bits per heavy atom. The maximum absolute atomic E-state index is 12.0. The van der Waals surface area contributed by atoms with Gasteiger partial charge in [-0.3, -0.25) is 9.59 Å². The zero-order chi connectivity index (χ0) is 21.4. The molecule has 0 aliphatic rings. The smallest absolute Gasteiger partial charge is 0.344 e. The van der Waals surface area contributed by atoms with Gasteiger partial charge in [-0.25, -0.2) is 4.79 Å². The Bertz CT molecular complexity index is 843. The molecule has 0 fully saturated rings. The van der Waals surface area contributed by atoms with Crippen molar-refractivity contribution in [1.29, 1.82) is 0 Å². The molecule has 0 saturated heterocycles. The number of aryl methyl sites for hydroxylation is 2. The van der Waals surface area contributed by atoms with Crippen LogP contribution < -0.4 is 10.1 Å². The van der Waals surface area contributed by atoms with E-state index in [4.69, 9.17) is 25.5 Å². The van der Waals surface area contributed by atoms with Gasteiger partial charge in [0.15, 0.2) is 13.2 Å². The monoisotopic (exact) mass is 422 g/mol. The van der Waals surface area contributed by atoms with E-state index in [1.54, 1.807) is 24.3 Å². The Morgan fingerprint density at radius 1 is 1.17 bits per heavy atom. The summed E-state index contributed by atoms with van der Waals surface area (Å²) in [5.74, 6) is -0.413. The van der Waals surface area contributed by atoms with Crippen LogP contribution in [0.25, 0.3) is 0 Å². The maximum Gasteiger partial charge on any atom is 0.344 e. The first-order chi connectivity index (χ1) is 13.8. The lowest BCUT2D eigenvalue weighted by Crippen LogP contribution is -2.40. The summed E-state index contributed by atoms with van der Waals surface area (Å²) in [5.41, 5.74) is 1.58. The highest BCUT2D eigenvalue weighted by molar-refractivity contribution is 6.30. The fourth-order valence-corrected chi connectivity index (χ4v) is 2.84. The molecule has 0 aliphatic heterocycles. The second kappa shape index (κ2) is 10.5. The fraction of sp³-hybridized carbons (Fsp3) is 0.350. The van der Waals surface area contributed by atoms with Crippen LogP contribution in [0.3, 0.4) is 0 Å². The minimum atomic E-state index is -0.692. The van der Waals surface area contributed by atoms with Crippen molar-refractivity contribution in [1.82, 2.24) is 10.2 Å². The van der Waals surface area contributed by atoms with Crippen LogP contribution >= 0.6 is 11.6 Å². The SMILES string of the molecule is Cc1cc(Cl)cc(C)c1OCC(=O)OCC(=O)N(C)CC(=O)NCc1ccco1.